The second-order valence-corrected chi connectivity index (χ2v) is 11.5. The molecule has 0 radical (unpaired) electrons. The molecule has 2 aromatic heterocycles. The number of aliphatic carboxylic acids is 1. The molecule has 7 nitrogen and oxygen atoms in total. The van der Waals surface area contributed by atoms with E-state index in [4.69, 9.17) is 22.3 Å². The summed E-state index contributed by atoms with van der Waals surface area (Å²) in [5.74, 6) is -0.150. The number of nitrogen functional groups attached to an aromatic ring is 1. The van der Waals surface area contributed by atoms with Crippen LogP contribution in [0.2, 0.25) is 5.15 Å². The molecule has 1 unspecified atom stereocenters. The van der Waals surface area contributed by atoms with Crippen LogP contribution in [0.5, 0.6) is 0 Å². The molecule has 0 saturated heterocycles. The van der Waals surface area contributed by atoms with Crippen LogP contribution in [0.1, 0.15) is 74.9 Å². The van der Waals surface area contributed by atoms with Crippen LogP contribution in [-0.4, -0.2) is 30.6 Å². The minimum absolute atomic E-state index is 0.0513. The molecule has 4 aromatic rings. The predicted molar refractivity (Wildman–Crippen MR) is 149 cm³/mol. The summed E-state index contributed by atoms with van der Waals surface area (Å²) in [5.41, 5.74) is 6.37. The summed E-state index contributed by atoms with van der Waals surface area (Å²) < 4.78 is 28.3. The van der Waals surface area contributed by atoms with Gasteiger partial charge in [0.25, 0.3) is 6.43 Å². The number of anilines is 1. The van der Waals surface area contributed by atoms with E-state index in [1.165, 1.54) is 24.4 Å². The monoisotopic (exact) mass is 568 g/mol. The van der Waals surface area contributed by atoms with E-state index in [0.717, 1.165) is 0 Å². The number of fused-ring (bicyclic) bond motifs is 1. The fourth-order valence-electron chi connectivity index (χ4n) is 5.96. The van der Waals surface area contributed by atoms with Crippen LogP contribution < -0.4 is 5.73 Å². The van der Waals surface area contributed by atoms with Crippen LogP contribution in [-0.2, 0) is 10.4 Å². The van der Waals surface area contributed by atoms with Crippen molar-refractivity contribution in [2.45, 2.75) is 58.0 Å². The van der Waals surface area contributed by atoms with E-state index < -0.39 is 23.4 Å². The third-order valence-electron chi connectivity index (χ3n) is 8.54. The van der Waals surface area contributed by atoms with E-state index >= 15 is 0 Å². The number of aromatic nitrogens is 3. The first-order valence-electron chi connectivity index (χ1n) is 13.1. The Balaban J connectivity index is 1.57. The zero-order chi connectivity index (χ0) is 29.0. The average molecular weight is 569 g/mol. The summed E-state index contributed by atoms with van der Waals surface area (Å²) in [7, 11) is 0. The second-order valence-electron chi connectivity index (χ2n) is 11.1. The molecule has 0 aliphatic heterocycles. The Labute approximate surface area is 235 Å². The number of benzene rings is 2. The lowest BCUT2D eigenvalue weighted by Gasteiger charge is -2.28. The topological polar surface area (TPSA) is 114 Å². The maximum atomic E-state index is 13.3. The lowest BCUT2D eigenvalue weighted by atomic mass is 9.75. The normalized spacial score (nSPS) is 20.9. The minimum atomic E-state index is -2.64. The van der Waals surface area contributed by atoms with Gasteiger partial charge in [0.15, 0.2) is 0 Å². The summed E-state index contributed by atoms with van der Waals surface area (Å²) in [4.78, 5) is 21.5. The number of hydrogen-bond donors (Lipinski definition) is 3. The predicted octanol–water partition coefficient (Wildman–Crippen LogP) is 6.82. The number of aliphatic hydroxyl groups is 1. The first-order chi connectivity index (χ1) is 18.9. The summed E-state index contributed by atoms with van der Waals surface area (Å²) in [6, 6.07) is 12.7. The smallest absolute Gasteiger partial charge is 0.309 e. The summed E-state index contributed by atoms with van der Waals surface area (Å²) in [6.45, 7) is 5.42. The highest BCUT2D eigenvalue weighted by Gasteiger charge is 2.49. The molecule has 10 heteroatoms. The minimum Gasteiger partial charge on any atom is -0.481 e. The van der Waals surface area contributed by atoms with Crippen LogP contribution in [0.25, 0.3) is 16.8 Å². The lowest BCUT2D eigenvalue weighted by molar-refractivity contribution is -0.151. The van der Waals surface area contributed by atoms with E-state index in [1.807, 2.05) is 13.8 Å². The van der Waals surface area contributed by atoms with Gasteiger partial charge in [0.1, 0.15) is 33.6 Å². The first-order valence-corrected chi connectivity index (χ1v) is 13.5. The van der Waals surface area contributed by atoms with Gasteiger partial charge in [-0.05, 0) is 49.3 Å². The van der Waals surface area contributed by atoms with Crippen LogP contribution >= 0.6 is 11.6 Å². The molecule has 2 aromatic carbocycles. The lowest BCUT2D eigenvalue weighted by Crippen LogP contribution is -2.33. The summed E-state index contributed by atoms with van der Waals surface area (Å²) in [6.07, 6.45) is 0.406. The first kappa shape index (κ1) is 28.0. The molecule has 210 valence electrons. The van der Waals surface area contributed by atoms with Crippen molar-refractivity contribution < 1.29 is 23.8 Å². The molecule has 1 aliphatic carbocycles. The van der Waals surface area contributed by atoms with Crippen molar-refractivity contribution in [3.05, 3.63) is 82.4 Å². The third kappa shape index (κ3) is 4.51. The molecular weight excluding hydrogens is 538 g/mol. The molecular formula is C30H31ClF2N4O3. The fraction of sp³-hybridized carbons (Fsp3) is 0.367. The molecule has 5 rings (SSSR count). The highest BCUT2D eigenvalue weighted by Crippen LogP contribution is 2.51. The molecule has 40 heavy (non-hydrogen) atoms. The largest absolute Gasteiger partial charge is 0.481 e. The molecule has 2 heterocycles. The van der Waals surface area contributed by atoms with Crippen LogP contribution in [0.15, 0.2) is 54.7 Å². The quantitative estimate of drug-likeness (QED) is 0.225. The van der Waals surface area contributed by atoms with Gasteiger partial charge in [0.2, 0.25) is 0 Å². The van der Waals surface area contributed by atoms with E-state index in [2.05, 4.69) is 4.98 Å². The third-order valence-corrected chi connectivity index (χ3v) is 8.80. The molecule has 0 amide bonds. The van der Waals surface area contributed by atoms with Gasteiger partial charge in [-0.3, -0.25) is 9.20 Å². The summed E-state index contributed by atoms with van der Waals surface area (Å²) in [5, 5.41) is 21.7. The van der Waals surface area contributed by atoms with Crippen molar-refractivity contribution in [1.82, 2.24) is 14.4 Å². The molecule has 4 N–H and O–H groups in total. The second kappa shape index (κ2) is 10.1. The number of rotatable bonds is 7. The average Bonchev–Trinajstić information content (AvgIpc) is 3.55. The number of nitrogens with zero attached hydrogens (tertiary/aromatic N) is 3. The zero-order valence-electron chi connectivity index (χ0n) is 22.4. The Morgan fingerprint density at radius 2 is 1.90 bits per heavy atom. The molecule has 1 fully saturated rings. The fourth-order valence-corrected chi connectivity index (χ4v) is 6.18. The zero-order valence-corrected chi connectivity index (χ0v) is 23.2. The maximum Gasteiger partial charge on any atom is 0.309 e. The van der Waals surface area contributed by atoms with Crippen LogP contribution in [0.4, 0.5) is 14.6 Å². The van der Waals surface area contributed by atoms with Gasteiger partial charge in [-0.15, -0.1) is 0 Å². The van der Waals surface area contributed by atoms with Gasteiger partial charge in [0.05, 0.1) is 11.6 Å². The van der Waals surface area contributed by atoms with Crippen molar-refractivity contribution in [3.63, 3.8) is 0 Å². The number of halogens is 3. The highest BCUT2D eigenvalue weighted by molar-refractivity contribution is 6.30. The summed E-state index contributed by atoms with van der Waals surface area (Å²) >= 11 is 6.60. The number of carbonyl (C=O) groups is 1. The van der Waals surface area contributed by atoms with E-state index in [0.29, 0.717) is 58.1 Å². The number of imidazole rings is 1. The van der Waals surface area contributed by atoms with Crippen molar-refractivity contribution in [3.8, 4) is 11.3 Å². The van der Waals surface area contributed by atoms with E-state index in [1.54, 1.807) is 41.7 Å². The SMILES string of the molecule is CC(C)[C@]1(C(=O)O)CC[C@@H](c2nc(-c3ccc(C(C)(O)c4cccc(C(F)F)c4)cc3)c3c(N)ncc(Cl)n23)C1. The van der Waals surface area contributed by atoms with Crippen LogP contribution in [0.3, 0.4) is 0 Å². The van der Waals surface area contributed by atoms with Gasteiger partial charge in [0, 0.05) is 17.0 Å². The molecule has 0 spiro atoms. The standard InChI is InChI=1S/C30H31ClF2N4O3/c1-16(2)30(28(38)39)12-11-19(14-30)27-36-23(24-26(34)35-15-22(31)37(24)27)17-7-9-20(10-8-17)29(3,40)21-6-4-5-18(13-21)25(32)33/h4-10,13,15-16,19,25,40H,11-12,14H2,1-3H3,(H2,34,35)(H,38,39)/t19-,29?,30+/m1/s1. The molecule has 1 aliphatic rings. The van der Waals surface area contributed by atoms with E-state index in [9.17, 15) is 23.8 Å². The van der Waals surface area contributed by atoms with Crippen molar-refractivity contribution >= 4 is 28.9 Å². The van der Waals surface area contributed by atoms with Gasteiger partial charge in [-0.1, -0.05) is 67.9 Å². The highest BCUT2D eigenvalue weighted by atomic mass is 35.5. The molecule has 1 saturated carbocycles. The Bertz CT molecular complexity index is 1590. The molecule has 0 bridgehead atoms. The number of nitrogens with two attached hydrogens (primary N) is 1. The maximum absolute atomic E-state index is 13.3. The Hall–Kier alpha value is -3.56. The number of hydrogen-bond acceptors (Lipinski definition) is 5. The number of carboxylic acid groups (broad SMARTS) is 1. The van der Waals surface area contributed by atoms with Crippen LogP contribution in [0, 0.1) is 11.3 Å². The van der Waals surface area contributed by atoms with E-state index in [-0.39, 0.29) is 23.2 Å². The van der Waals surface area contributed by atoms with Crippen molar-refractivity contribution in [2.24, 2.45) is 11.3 Å². The number of carboxylic acids is 1. The Kier molecular flexibility index (Phi) is 7.08. The van der Waals surface area contributed by atoms with Crippen molar-refractivity contribution in [1.29, 1.82) is 0 Å². The number of alkyl halides is 2. The van der Waals surface area contributed by atoms with Gasteiger partial charge < -0.3 is 15.9 Å². The van der Waals surface area contributed by atoms with Gasteiger partial charge >= 0.3 is 5.97 Å². The Morgan fingerprint density at radius 3 is 2.50 bits per heavy atom. The van der Waals surface area contributed by atoms with Crippen molar-refractivity contribution in [2.75, 3.05) is 5.73 Å². The molecule has 3 atom stereocenters. The Morgan fingerprint density at radius 1 is 1.20 bits per heavy atom. The van der Waals surface area contributed by atoms with Gasteiger partial charge in [-0.2, -0.15) is 0 Å². The van der Waals surface area contributed by atoms with Gasteiger partial charge in [-0.25, -0.2) is 18.7 Å².